The zero-order valence-corrected chi connectivity index (χ0v) is 11.2. The second-order valence-corrected chi connectivity index (χ2v) is 5.62. The normalized spacial score (nSPS) is 23.5. The Labute approximate surface area is 108 Å². The van der Waals surface area contributed by atoms with E-state index < -0.39 is 0 Å². The molecule has 1 N–H and O–H groups in total. The molecular formula is C15H20FNO. The maximum atomic E-state index is 13.6. The molecule has 2 rings (SSSR count). The second-order valence-electron chi connectivity index (χ2n) is 5.62. The Morgan fingerprint density at radius 1 is 1.44 bits per heavy atom. The fourth-order valence-electron chi connectivity index (χ4n) is 2.63. The maximum absolute atomic E-state index is 13.6. The molecular weight excluding hydrogens is 229 g/mol. The highest BCUT2D eigenvalue weighted by Crippen LogP contribution is 2.32. The monoisotopic (exact) mass is 249 g/mol. The highest BCUT2D eigenvalue weighted by Gasteiger charge is 2.33. The van der Waals surface area contributed by atoms with Crippen LogP contribution in [0.1, 0.15) is 43.7 Å². The highest BCUT2D eigenvalue weighted by molar-refractivity contribution is 5.80. The number of halogens is 1. The number of nitrogens with one attached hydrogen (secondary N) is 1. The van der Waals surface area contributed by atoms with Crippen LogP contribution in [-0.4, -0.2) is 11.9 Å². The van der Waals surface area contributed by atoms with Gasteiger partial charge in [-0.3, -0.25) is 4.79 Å². The van der Waals surface area contributed by atoms with Gasteiger partial charge in [0.1, 0.15) is 5.82 Å². The fraction of sp³-hybridized carbons (Fsp3) is 0.533. The summed E-state index contributed by atoms with van der Waals surface area (Å²) in [5, 5.41) is 3.01. The molecule has 1 heterocycles. The van der Waals surface area contributed by atoms with E-state index in [1.807, 2.05) is 6.07 Å². The van der Waals surface area contributed by atoms with Gasteiger partial charge in [-0.25, -0.2) is 4.39 Å². The lowest BCUT2D eigenvalue weighted by molar-refractivity contribution is -0.119. The Balaban J connectivity index is 2.24. The average Bonchev–Trinajstić information content (AvgIpc) is 2.62. The molecule has 0 aliphatic carbocycles. The van der Waals surface area contributed by atoms with Crippen LogP contribution in [0, 0.1) is 18.7 Å². The number of hydrogen-bond acceptors (Lipinski definition) is 1. The number of hydrogen-bond donors (Lipinski definition) is 1. The maximum Gasteiger partial charge on any atom is 0.220 e. The number of rotatable bonds is 3. The van der Waals surface area contributed by atoms with Crippen molar-refractivity contribution in [1.82, 2.24) is 5.32 Å². The average molecular weight is 249 g/mol. The van der Waals surface area contributed by atoms with E-state index >= 15 is 0 Å². The van der Waals surface area contributed by atoms with Crippen LogP contribution in [-0.2, 0) is 4.79 Å². The predicted molar refractivity (Wildman–Crippen MR) is 69.9 cm³/mol. The van der Waals surface area contributed by atoms with Gasteiger partial charge in [0.2, 0.25) is 5.91 Å². The van der Waals surface area contributed by atoms with E-state index in [1.165, 1.54) is 0 Å². The van der Waals surface area contributed by atoms with Gasteiger partial charge in [-0.1, -0.05) is 26.0 Å². The van der Waals surface area contributed by atoms with Gasteiger partial charge in [-0.15, -0.1) is 0 Å². The molecule has 0 bridgehead atoms. The fourth-order valence-corrected chi connectivity index (χ4v) is 2.63. The van der Waals surface area contributed by atoms with E-state index in [2.05, 4.69) is 19.2 Å². The Morgan fingerprint density at radius 2 is 2.17 bits per heavy atom. The van der Waals surface area contributed by atoms with Crippen molar-refractivity contribution in [3.8, 4) is 0 Å². The van der Waals surface area contributed by atoms with E-state index in [0.29, 0.717) is 17.9 Å². The summed E-state index contributed by atoms with van der Waals surface area (Å²) in [5.74, 6) is 0.517. The summed E-state index contributed by atoms with van der Waals surface area (Å²) in [6.07, 6.45) is 1.41. The van der Waals surface area contributed by atoms with Crippen LogP contribution in [0.3, 0.4) is 0 Å². The lowest BCUT2D eigenvalue weighted by atomic mass is 9.87. The van der Waals surface area contributed by atoms with E-state index in [4.69, 9.17) is 0 Å². The zero-order chi connectivity index (χ0) is 13.3. The first-order valence-electron chi connectivity index (χ1n) is 6.52. The first kappa shape index (κ1) is 13.1. The van der Waals surface area contributed by atoms with Crippen LogP contribution in [0.2, 0.25) is 0 Å². The third kappa shape index (κ3) is 2.71. The quantitative estimate of drug-likeness (QED) is 0.876. The van der Waals surface area contributed by atoms with Crippen LogP contribution >= 0.6 is 0 Å². The van der Waals surface area contributed by atoms with E-state index in [-0.39, 0.29) is 23.7 Å². The third-order valence-corrected chi connectivity index (χ3v) is 3.59. The van der Waals surface area contributed by atoms with Crippen molar-refractivity contribution in [2.75, 3.05) is 0 Å². The SMILES string of the molecule is Cc1ccc(C2CC(=O)NC2CC(C)C)cc1F. The van der Waals surface area contributed by atoms with Crippen molar-refractivity contribution >= 4 is 5.91 Å². The standard InChI is InChI=1S/C15H20FNO/c1-9(2)6-14-12(8-15(18)17-14)11-5-4-10(3)13(16)7-11/h4-5,7,9,12,14H,6,8H2,1-3H3,(H,17,18). The Hall–Kier alpha value is -1.38. The molecule has 1 fully saturated rings. The number of amides is 1. The molecule has 2 nitrogen and oxygen atoms in total. The number of aryl methyl sites for hydroxylation is 1. The van der Waals surface area contributed by atoms with E-state index in [0.717, 1.165) is 12.0 Å². The summed E-state index contributed by atoms with van der Waals surface area (Å²) < 4.78 is 13.6. The summed E-state index contributed by atoms with van der Waals surface area (Å²) >= 11 is 0. The molecule has 1 aromatic rings. The first-order chi connectivity index (χ1) is 8.47. The summed E-state index contributed by atoms with van der Waals surface area (Å²) in [6, 6.07) is 5.45. The molecule has 2 atom stereocenters. The smallest absolute Gasteiger partial charge is 0.220 e. The van der Waals surface area contributed by atoms with Gasteiger partial charge in [0.05, 0.1) is 0 Å². The van der Waals surface area contributed by atoms with Gasteiger partial charge >= 0.3 is 0 Å². The van der Waals surface area contributed by atoms with Crippen LogP contribution in [0.15, 0.2) is 18.2 Å². The molecule has 1 saturated heterocycles. The highest BCUT2D eigenvalue weighted by atomic mass is 19.1. The Bertz CT molecular complexity index is 456. The zero-order valence-electron chi connectivity index (χ0n) is 11.2. The van der Waals surface area contributed by atoms with Crippen molar-refractivity contribution in [2.24, 2.45) is 5.92 Å². The van der Waals surface area contributed by atoms with Crippen LogP contribution in [0.5, 0.6) is 0 Å². The van der Waals surface area contributed by atoms with Crippen molar-refractivity contribution in [2.45, 2.75) is 45.6 Å². The van der Waals surface area contributed by atoms with Crippen molar-refractivity contribution < 1.29 is 9.18 Å². The Kier molecular flexibility index (Phi) is 3.69. The number of benzene rings is 1. The van der Waals surface area contributed by atoms with Crippen LogP contribution < -0.4 is 5.32 Å². The molecule has 2 unspecified atom stereocenters. The molecule has 3 heteroatoms. The number of carbonyl (C=O) groups excluding carboxylic acids is 1. The first-order valence-corrected chi connectivity index (χ1v) is 6.52. The van der Waals surface area contributed by atoms with Gasteiger partial charge in [0.15, 0.2) is 0 Å². The van der Waals surface area contributed by atoms with Gasteiger partial charge in [-0.05, 0) is 36.5 Å². The van der Waals surface area contributed by atoms with Gasteiger partial charge < -0.3 is 5.32 Å². The molecule has 1 aliphatic heterocycles. The molecule has 1 aromatic carbocycles. The van der Waals surface area contributed by atoms with Gasteiger partial charge in [0, 0.05) is 18.4 Å². The summed E-state index contributed by atoms with van der Waals surface area (Å²) in [7, 11) is 0. The lowest BCUT2D eigenvalue weighted by Gasteiger charge is -2.21. The third-order valence-electron chi connectivity index (χ3n) is 3.59. The molecule has 18 heavy (non-hydrogen) atoms. The van der Waals surface area contributed by atoms with Crippen molar-refractivity contribution in [3.63, 3.8) is 0 Å². The molecule has 1 aliphatic rings. The molecule has 0 saturated carbocycles. The minimum atomic E-state index is -0.185. The second kappa shape index (κ2) is 5.09. The lowest BCUT2D eigenvalue weighted by Crippen LogP contribution is -2.29. The van der Waals surface area contributed by atoms with Crippen LogP contribution in [0.25, 0.3) is 0 Å². The molecule has 0 spiro atoms. The van der Waals surface area contributed by atoms with E-state index in [1.54, 1.807) is 19.1 Å². The predicted octanol–water partition coefficient (Wildman–Crippen LogP) is 3.15. The van der Waals surface area contributed by atoms with Gasteiger partial charge in [-0.2, -0.15) is 0 Å². The molecule has 0 aromatic heterocycles. The van der Waals surface area contributed by atoms with Gasteiger partial charge in [0.25, 0.3) is 0 Å². The van der Waals surface area contributed by atoms with E-state index in [9.17, 15) is 9.18 Å². The summed E-state index contributed by atoms with van der Waals surface area (Å²) in [6.45, 7) is 6.03. The minimum Gasteiger partial charge on any atom is -0.353 e. The van der Waals surface area contributed by atoms with Crippen LogP contribution in [0.4, 0.5) is 4.39 Å². The molecule has 1 amide bonds. The molecule has 98 valence electrons. The molecule has 0 radical (unpaired) electrons. The Morgan fingerprint density at radius 3 is 2.78 bits per heavy atom. The topological polar surface area (TPSA) is 29.1 Å². The minimum absolute atomic E-state index is 0.0756. The largest absolute Gasteiger partial charge is 0.353 e. The van der Waals surface area contributed by atoms with Crippen molar-refractivity contribution in [3.05, 3.63) is 35.1 Å². The summed E-state index contributed by atoms with van der Waals surface area (Å²) in [4.78, 5) is 11.6. The summed E-state index contributed by atoms with van der Waals surface area (Å²) in [5.41, 5.74) is 1.58. The van der Waals surface area contributed by atoms with Crippen molar-refractivity contribution in [1.29, 1.82) is 0 Å². The number of carbonyl (C=O) groups is 1.